The maximum atomic E-state index is 13.5. The zero-order valence-corrected chi connectivity index (χ0v) is 12.7. The Balaban J connectivity index is 0.00000324. The van der Waals surface area contributed by atoms with Crippen LogP contribution in [0.5, 0.6) is 0 Å². The fourth-order valence-corrected chi connectivity index (χ4v) is 2.94. The van der Waals surface area contributed by atoms with Gasteiger partial charge in [0.2, 0.25) is 10.0 Å². The lowest BCUT2D eigenvalue weighted by Crippen LogP contribution is -2.32. The Kier molecular flexibility index (Phi) is 8.17. The number of nitrogens with one attached hydrogen (secondary N) is 2. The van der Waals surface area contributed by atoms with Gasteiger partial charge in [0.25, 0.3) is 0 Å². The molecule has 0 saturated carbocycles. The van der Waals surface area contributed by atoms with Crippen molar-refractivity contribution in [2.24, 2.45) is 0 Å². The number of sulfonamides is 1. The van der Waals surface area contributed by atoms with Crippen LogP contribution in [0.1, 0.15) is 18.9 Å². The summed E-state index contributed by atoms with van der Waals surface area (Å²) in [5.74, 6) is -0.719. The van der Waals surface area contributed by atoms with Crippen molar-refractivity contribution in [3.05, 3.63) is 29.6 Å². The van der Waals surface area contributed by atoms with Gasteiger partial charge in [-0.25, -0.2) is 17.5 Å². The monoisotopic (exact) mass is 310 g/mol. The van der Waals surface area contributed by atoms with Crippen LogP contribution in [0.3, 0.4) is 0 Å². The molecular formula is C12H20ClFN2O2S. The molecule has 2 N–H and O–H groups in total. The SMILES string of the molecule is CCCNCCNS(=O)(=O)c1c(C)cccc1F.Cl. The molecule has 4 nitrogen and oxygen atoms in total. The smallest absolute Gasteiger partial charge is 0.243 e. The molecule has 110 valence electrons. The van der Waals surface area contributed by atoms with Gasteiger partial charge < -0.3 is 5.32 Å². The molecule has 7 heteroatoms. The van der Waals surface area contributed by atoms with Crippen molar-refractivity contribution < 1.29 is 12.8 Å². The van der Waals surface area contributed by atoms with Crippen LogP contribution in [0.4, 0.5) is 4.39 Å². The summed E-state index contributed by atoms with van der Waals surface area (Å²) in [5, 5.41) is 3.07. The summed E-state index contributed by atoms with van der Waals surface area (Å²) in [6, 6.07) is 4.22. The summed E-state index contributed by atoms with van der Waals surface area (Å²) in [5.41, 5.74) is 0.406. The maximum absolute atomic E-state index is 13.5. The Morgan fingerprint density at radius 2 is 1.89 bits per heavy atom. The summed E-state index contributed by atoms with van der Waals surface area (Å²) < 4.78 is 39.8. The lowest BCUT2D eigenvalue weighted by molar-refractivity contribution is 0.552. The molecule has 0 heterocycles. The van der Waals surface area contributed by atoms with E-state index in [1.807, 2.05) is 6.92 Å². The Morgan fingerprint density at radius 1 is 1.21 bits per heavy atom. The molecule has 0 aliphatic heterocycles. The van der Waals surface area contributed by atoms with Gasteiger partial charge in [-0.2, -0.15) is 0 Å². The minimum absolute atomic E-state index is 0. The maximum Gasteiger partial charge on any atom is 0.243 e. The third-order valence-electron chi connectivity index (χ3n) is 2.45. The second kappa shape index (κ2) is 8.47. The molecule has 0 atom stereocenters. The molecule has 0 unspecified atom stereocenters. The number of hydrogen-bond donors (Lipinski definition) is 2. The molecule has 0 bridgehead atoms. The molecule has 0 aromatic heterocycles. The molecule has 0 radical (unpaired) electrons. The number of benzene rings is 1. The van der Waals surface area contributed by atoms with Crippen LogP contribution in [-0.4, -0.2) is 28.1 Å². The molecule has 0 amide bonds. The molecule has 19 heavy (non-hydrogen) atoms. The zero-order valence-electron chi connectivity index (χ0n) is 11.1. The highest BCUT2D eigenvalue weighted by Crippen LogP contribution is 2.18. The van der Waals surface area contributed by atoms with Gasteiger partial charge in [-0.3, -0.25) is 0 Å². The molecule has 0 aliphatic carbocycles. The summed E-state index contributed by atoms with van der Waals surface area (Å²) in [6.45, 7) is 5.21. The molecule has 1 aromatic rings. The van der Waals surface area contributed by atoms with E-state index in [-0.39, 0.29) is 23.8 Å². The van der Waals surface area contributed by atoms with Gasteiger partial charge in [0.05, 0.1) is 0 Å². The van der Waals surface area contributed by atoms with Crippen molar-refractivity contribution in [2.45, 2.75) is 25.2 Å². The quantitative estimate of drug-likeness (QED) is 0.756. The molecular weight excluding hydrogens is 291 g/mol. The topological polar surface area (TPSA) is 58.2 Å². The van der Waals surface area contributed by atoms with Crippen LogP contribution >= 0.6 is 12.4 Å². The number of hydrogen-bond acceptors (Lipinski definition) is 3. The van der Waals surface area contributed by atoms with Gasteiger partial charge in [-0.15, -0.1) is 12.4 Å². The standard InChI is InChI=1S/C12H19FN2O2S.ClH/c1-3-7-14-8-9-15-18(16,17)12-10(2)5-4-6-11(12)13;/h4-6,14-15H,3,7-9H2,1-2H3;1H. The first kappa shape index (κ1) is 18.3. The van der Waals surface area contributed by atoms with Gasteiger partial charge in [-0.05, 0) is 31.5 Å². The van der Waals surface area contributed by atoms with Gasteiger partial charge in [-0.1, -0.05) is 19.1 Å². The first-order chi connectivity index (χ1) is 8.49. The van der Waals surface area contributed by atoms with E-state index >= 15 is 0 Å². The molecule has 0 fully saturated rings. The average molecular weight is 311 g/mol. The van der Waals surface area contributed by atoms with Crippen molar-refractivity contribution in [1.29, 1.82) is 0 Å². The van der Waals surface area contributed by atoms with E-state index in [9.17, 15) is 12.8 Å². The van der Waals surface area contributed by atoms with Crippen LogP contribution in [-0.2, 0) is 10.0 Å². The molecule has 1 rings (SSSR count). The second-order valence-corrected chi connectivity index (χ2v) is 5.74. The van der Waals surface area contributed by atoms with Crippen LogP contribution in [0.2, 0.25) is 0 Å². The number of rotatable bonds is 7. The van der Waals surface area contributed by atoms with Gasteiger partial charge >= 0.3 is 0 Å². The van der Waals surface area contributed by atoms with E-state index in [1.54, 1.807) is 13.0 Å². The highest BCUT2D eigenvalue weighted by Gasteiger charge is 2.20. The highest BCUT2D eigenvalue weighted by atomic mass is 35.5. The average Bonchev–Trinajstić information content (AvgIpc) is 2.28. The third-order valence-corrected chi connectivity index (χ3v) is 4.09. The first-order valence-corrected chi connectivity index (χ1v) is 7.43. The van der Waals surface area contributed by atoms with Crippen molar-refractivity contribution in [3.63, 3.8) is 0 Å². The Morgan fingerprint density at radius 3 is 2.47 bits per heavy atom. The van der Waals surface area contributed by atoms with E-state index in [4.69, 9.17) is 0 Å². The van der Waals surface area contributed by atoms with Crippen LogP contribution in [0.15, 0.2) is 23.1 Å². The predicted molar refractivity (Wildman–Crippen MR) is 76.7 cm³/mol. The summed E-state index contributed by atoms with van der Waals surface area (Å²) >= 11 is 0. The van der Waals surface area contributed by atoms with E-state index in [1.165, 1.54) is 6.07 Å². The zero-order chi connectivity index (χ0) is 13.6. The van der Waals surface area contributed by atoms with Crippen molar-refractivity contribution >= 4 is 22.4 Å². The first-order valence-electron chi connectivity index (χ1n) is 5.94. The normalized spacial score (nSPS) is 11.1. The number of halogens is 2. The Hall–Kier alpha value is -0.690. The van der Waals surface area contributed by atoms with Crippen molar-refractivity contribution in [3.8, 4) is 0 Å². The van der Waals surface area contributed by atoms with E-state index in [0.29, 0.717) is 12.1 Å². The minimum atomic E-state index is -3.77. The lowest BCUT2D eigenvalue weighted by atomic mass is 10.2. The van der Waals surface area contributed by atoms with E-state index < -0.39 is 15.8 Å². The van der Waals surface area contributed by atoms with E-state index in [2.05, 4.69) is 10.0 Å². The number of aryl methyl sites for hydroxylation is 1. The van der Waals surface area contributed by atoms with Crippen molar-refractivity contribution in [1.82, 2.24) is 10.0 Å². The van der Waals surface area contributed by atoms with Gasteiger partial charge in [0.1, 0.15) is 10.7 Å². The lowest BCUT2D eigenvalue weighted by Gasteiger charge is -2.10. The fraction of sp³-hybridized carbons (Fsp3) is 0.500. The molecule has 0 saturated heterocycles. The van der Waals surface area contributed by atoms with E-state index in [0.717, 1.165) is 19.0 Å². The highest BCUT2D eigenvalue weighted by molar-refractivity contribution is 7.89. The van der Waals surface area contributed by atoms with Gasteiger partial charge in [0, 0.05) is 13.1 Å². The Labute approximate surface area is 120 Å². The van der Waals surface area contributed by atoms with Crippen LogP contribution in [0, 0.1) is 12.7 Å². The Bertz CT molecular complexity index is 474. The molecule has 0 spiro atoms. The van der Waals surface area contributed by atoms with Crippen LogP contribution < -0.4 is 10.0 Å². The fourth-order valence-electron chi connectivity index (χ4n) is 1.60. The molecule has 0 aliphatic rings. The minimum Gasteiger partial charge on any atom is -0.315 e. The predicted octanol–water partition coefficient (Wildman–Crippen LogP) is 1.83. The van der Waals surface area contributed by atoms with Crippen LogP contribution in [0.25, 0.3) is 0 Å². The summed E-state index contributed by atoms with van der Waals surface area (Å²) in [6.07, 6.45) is 0.985. The molecule has 1 aromatic carbocycles. The summed E-state index contributed by atoms with van der Waals surface area (Å²) in [7, 11) is -3.77. The van der Waals surface area contributed by atoms with Gasteiger partial charge in [0.15, 0.2) is 0 Å². The largest absolute Gasteiger partial charge is 0.315 e. The third kappa shape index (κ3) is 5.44. The van der Waals surface area contributed by atoms with Crippen molar-refractivity contribution in [2.75, 3.05) is 19.6 Å². The summed E-state index contributed by atoms with van der Waals surface area (Å²) in [4.78, 5) is -0.263. The second-order valence-electron chi connectivity index (χ2n) is 4.03.